The van der Waals surface area contributed by atoms with Gasteiger partial charge in [0.25, 0.3) is 0 Å². The van der Waals surface area contributed by atoms with Crippen LogP contribution in [0.2, 0.25) is 0 Å². The minimum atomic E-state index is 0.921. The molecule has 0 bridgehead atoms. The summed E-state index contributed by atoms with van der Waals surface area (Å²) >= 11 is 6.59. The lowest BCUT2D eigenvalue weighted by atomic mass is 10.3. The first-order valence-corrected chi connectivity index (χ1v) is 6.68. The highest BCUT2D eigenvalue weighted by Gasteiger charge is 2.07. The van der Waals surface area contributed by atoms with Gasteiger partial charge in [-0.3, -0.25) is 0 Å². The Morgan fingerprint density at radius 2 is 2.13 bits per heavy atom. The Kier molecular flexibility index (Phi) is 3.38. The molecule has 3 nitrogen and oxygen atoms in total. The first-order valence-electron chi connectivity index (χ1n) is 4.25. The molecule has 0 spiro atoms. The Morgan fingerprint density at radius 1 is 1.33 bits per heavy atom. The van der Waals surface area contributed by atoms with Crippen molar-refractivity contribution in [3.05, 3.63) is 27.3 Å². The number of nitrogens with zero attached hydrogens (tertiary/aromatic N) is 3. The van der Waals surface area contributed by atoms with E-state index in [1.807, 2.05) is 26.1 Å². The summed E-state index contributed by atoms with van der Waals surface area (Å²) in [5.41, 5.74) is 1.14. The van der Waals surface area contributed by atoms with Crippen molar-refractivity contribution in [3.8, 4) is 0 Å². The minimum Gasteiger partial charge on any atom is -0.248 e. The van der Waals surface area contributed by atoms with Crippen LogP contribution in [0.4, 0.5) is 0 Å². The molecule has 0 unspecified atom stereocenters. The van der Waals surface area contributed by atoms with Crippen LogP contribution in [0.15, 0.2) is 26.1 Å². The molecule has 2 rings (SSSR count). The SMILES string of the molecule is Cc1cnc(Sc2nnc(C)s2)c(Br)c1. The molecule has 0 saturated heterocycles. The van der Waals surface area contributed by atoms with Gasteiger partial charge in [0.2, 0.25) is 0 Å². The zero-order valence-corrected chi connectivity index (χ0v) is 11.4. The summed E-state index contributed by atoms with van der Waals surface area (Å²) < 4.78 is 1.92. The van der Waals surface area contributed by atoms with Crippen molar-refractivity contribution in [3.63, 3.8) is 0 Å². The van der Waals surface area contributed by atoms with Crippen molar-refractivity contribution in [1.82, 2.24) is 15.2 Å². The summed E-state index contributed by atoms with van der Waals surface area (Å²) in [6, 6.07) is 2.04. The quantitative estimate of drug-likeness (QED) is 0.851. The summed E-state index contributed by atoms with van der Waals surface area (Å²) in [6.07, 6.45) is 1.85. The third-order valence-corrected chi connectivity index (χ3v) is 4.41. The van der Waals surface area contributed by atoms with Gasteiger partial charge in [-0.2, -0.15) is 0 Å². The van der Waals surface area contributed by atoms with Crippen LogP contribution in [-0.4, -0.2) is 15.2 Å². The molecule has 0 fully saturated rings. The van der Waals surface area contributed by atoms with Crippen LogP contribution in [0.25, 0.3) is 0 Å². The number of hydrogen-bond acceptors (Lipinski definition) is 5. The average molecular weight is 302 g/mol. The van der Waals surface area contributed by atoms with E-state index in [2.05, 4.69) is 31.1 Å². The summed E-state index contributed by atoms with van der Waals surface area (Å²) in [5.74, 6) is 0. The molecule has 0 radical (unpaired) electrons. The molecule has 15 heavy (non-hydrogen) atoms. The molecule has 0 aliphatic rings. The predicted molar refractivity (Wildman–Crippen MR) is 65.4 cm³/mol. The molecule has 78 valence electrons. The third kappa shape index (κ3) is 2.76. The number of aryl methyl sites for hydroxylation is 2. The predicted octanol–water partition coefficient (Wildman–Crippen LogP) is 3.46. The highest BCUT2D eigenvalue weighted by molar-refractivity contribution is 9.10. The normalized spacial score (nSPS) is 10.6. The maximum absolute atomic E-state index is 4.34. The van der Waals surface area contributed by atoms with Crippen LogP contribution in [0.5, 0.6) is 0 Å². The Bertz CT molecular complexity index is 484. The molecule has 0 amide bonds. The summed E-state index contributed by atoms with van der Waals surface area (Å²) in [7, 11) is 0. The van der Waals surface area contributed by atoms with E-state index in [1.54, 1.807) is 11.3 Å². The van der Waals surface area contributed by atoms with Crippen LogP contribution < -0.4 is 0 Å². The van der Waals surface area contributed by atoms with Gasteiger partial charge in [-0.05, 0) is 53.2 Å². The van der Waals surface area contributed by atoms with E-state index < -0.39 is 0 Å². The summed E-state index contributed by atoms with van der Waals surface area (Å²) in [5, 5.41) is 9.91. The largest absolute Gasteiger partial charge is 0.248 e. The molecule has 2 aromatic rings. The lowest BCUT2D eigenvalue weighted by Gasteiger charge is -2.00. The molecule has 0 N–H and O–H groups in total. The van der Waals surface area contributed by atoms with Gasteiger partial charge in [0.1, 0.15) is 10.0 Å². The van der Waals surface area contributed by atoms with Gasteiger partial charge in [-0.1, -0.05) is 11.3 Å². The fourth-order valence-corrected chi connectivity index (χ4v) is 3.39. The number of aromatic nitrogens is 3. The molecule has 0 aromatic carbocycles. The Morgan fingerprint density at radius 3 is 2.73 bits per heavy atom. The molecule has 2 aromatic heterocycles. The number of rotatable bonds is 2. The maximum atomic E-state index is 4.34. The lowest BCUT2D eigenvalue weighted by Crippen LogP contribution is -1.83. The fourth-order valence-electron chi connectivity index (χ4n) is 0.998. The second-order valence-electron chi connectivity index (χ2n) is 2.99. The van der Waals surface area contributed by atoms with Crippen LogP contribution in [0.3, 0.4) is 0 Å². The van der Waals surface area contributed by atoms with Gasteiger partial charge in [0.05, 0.1) is 4.47 Å². The van der Waals surface area contributed by atoms with E-state index in [4.69, 9.17) is 0 Å². The van der Waals surface area contributed by atoms with E-state index in [0.717, 1.165) is 24.4 Å². The Balaban J connectivity index is 2.24. The molecule has 0 aliphatic heterocycles. The van der Waals surface area contributed by atoms with E-state index in [9.17, 15) is 0 Å². The summed E-state index contributed by atoms with van der Waals surface area (Å²) in [6.45, 7) is 3.96. The number of halogens is 1. The van der Waals surface area contributed by atoms with Crippen LogP contribution in [-0.2, 0) is 0 Å². The second-order valence-corrected chi connectivity index (χ2v) is 6.26. The van der Waals surface area contributed by atoms with Gasteiger partial charge in [0.15, 0.2) is 4.34 Å². The van der Waals surface area contributed by atoms with Gasteiger partial charge in [-0.15, -0.1) is 10.2 Å². The number of hydrogen-bond donors (Lipinski definition) is 0. The standard InChI is InChI=1S/C9H8BrN3S2/c1-5-3-7(10)8(11-4-5)15-9-13-12-6(2)14-9/h3-4H,1-2H3. The molecule has 0 saturated carbocycles. The first kappa shape index (κ1) is 11.0. The zero-order chi connectivity index (χ0) is 10.8. The fraction of sp³-hybridized carbons (Fsp3) is 0.222. The minimum absolute atomic E-state index is 0.921. The van der Waals surface area contributed by atoms with Gasteiger partial charge >= 0.3 is 0 Å². The molecule has 0 atom stereocenters. The van der Waals surface area contributed by atoms with Crippen molar-refractivity contribution in [1.29, 1.82) is 0 Å². The molecule has 6 heteroatoms. The highest BCUT2D eigenvalue weighted by atomic mass is 79.9. The average Bonchev–Trinajstić information content (AvgIpc) is 2.56. The monoisotopic (exact) mass is 301 g/mol. The van der Waals surface area contributed by atoms with E-state index in [-0.39, 0.29) is 0 Å². The molecular weight excluding hydrogens is 294 g/mol. The Labute approximate surface area is 104 Å². The van der Waals surface area contributed by atoms with E-state index >= 15 is 0 Å². The van der Waals surface area contributed by atoms with Crippen LogP contribution in [0, 0.1) is 13.8 Å². The molecular formula is C9H8BrN3S2. The van der Waals surface area contributed by atoms with Crippen LogP contribution >= 0.6 is 39.0 Å². The van der Waals surface area contributed by atoms with E-state index in [1.165, 1.54) is 11.8 Å². The zero-order valence-electron chi connectivity index (χ0n) is 8.19. The van der Waals surface area contributed by atoms with Crippen molar-refractivity contribution < 1.29 is 0 Å². The lowest BCUT2D eigenvalue weighted by molar-refractivity contribution is 0.979. The second kappa shape index (κ2) is 4.59. The van der Waals surface area contributed by atoms with Crippen LogP contribution in [0.1, 0.15) is 10.6 Å². The highest BCUT2D eigenvalue weighted by Crippen LogP contribution is 2.33. The maximum Gasteiger partial charge on any atom is 0.180 e. The van der Waals surface area contributed by atoms with Crippen molar-refractivity contribution in [2.45, 2.75) is 23.2 Å². The first-order chi connectivity index (χ1) is 7.15. The third-order valence-electron chi connectivity index (χ3n) is 1.64. The van der Waals surface area contributed by atoms with Gasteiger partial charge in [0, 0.05) is 6.20 Å². The van der Waals surface area contributed by atoms with Crippen molar-refractivity contribution in [2.24, 2.45) is 0 Å². The molecule has 2 heterocycles. The topological polar surface area (TPSA) is 38.7 Å². The van der Waals surface area contributed by atoms with Gasteiger partial charge in [-0.25, -0.2) is 4.98 Å². The smallest absolute Gasteiger partial charge is 0.180 e. The number of pyridine rings is 1. The van der Waals surface area contributed by atoms with Crippen molar-refractivity contribution in [2.75, 3.05) is 0 Å². The Hall–Kier alpha value is -0.460. The van der Waals surface area contributed by atoms with Crippen molar-refractivity contribution >= 4 is 39.0 Å². The van der Waals surface area contributed by atoms with Gasteiger partial charge < -0.3 is 0 Å². The summed E-state index contributed by atoms with van der Waals surface area (Å²) in [4.78, 5) is 4.34. The molecule has 0 aliphatic carbocycles. The van der Waals surface area contributed by atoms with E-state index in [0.29, 0.717) is 0 Å².